The van der Waals surface area contributed by atoms with Gasteiger partial charge in [0, 0.05) is 0 Å². The van der Waals surface area contributed by atoms with E-state index in [9.17, 15) is 0 Å². The van der Waals surface area contributed by atoms with Crippen LogP contribution in [0.3, 0.4) is 0 Å². The molecule has 0 bridgehead atoms. The minimum atomic E-state index is 0.841. The highest BCUT2D eigenvalue weighted by Crippen LogP contribution is 2.50. The van der Waals surface area contributed by atoms with Crippen LogP contribution >= 0.6 is 0 Å². The summed E-state index contributed by atoms with van der Waals surface area (Å²) in [6.07, 6.45) is 0. The maximum absolute atomic E-state index is 6.02. The number of fused-ring (bicyclic) bond motifs is 8. The van der Waals surface area contributed by atoms with E-state index < -0.39 is 0 Å². The summed E-state index contributed by atoms with van der Waals surface area (Å²) >= 11 is 0. The van der Waals surface area contributed by atoms with E-state index in [2.05, 4.69) is 103 Å². The molecule has 9 rings (SSSR count). The van der Waals surface area contributed by atoms with Crippen LogP contribution in [0.4, 0.5) is 0 Å². The van der Waals surface area contributed by atoms with Crippen LogP contribution in [0.15, 0.2) is 133 Å². The summed E-state index contributed by atoms with van der Waals surface area (Å²) in [5.41, 5.74) is 2.40. The molecule has 0 heterocycles. The molecule has 0 aliphatic rings. The Hall–Kier alpha value is -5.14. The van der Waals surface area contributed by atoms with Gasteiger partial charge in [0.15, 0.2) is 0 Å². The Morgan fingerprint density at radius 3 is 1.41 bits per heavy atom. The Balaban J connectivity index is 1.29. The highest BCUT2D eigenvalue weighted by molar-refractivity contribution is 6.47. The van der Waals surface area contributed by atoms with E-state index in [4.69, 9.17) is 4.74 Å². The number of rotatable bonds is 3. The predicted octanol–water partition coefficient (Wildman–Crippen LogP) is 10.9. The third-order valence-corrected chi connectivity index (χ3v) is 8.40. The van der Waals surface area contributed by atoms with Crippen molar-refractivity contribution in [1.29, 1.82) is 0 Å². The maximum atomic E-state index is 6.02. The van der Waals surface area contributed by atoms with Crippen molar-refractivity contribution in [2.45, 2.75) is 0 Å². The lowest BCUT2D eigenvalue weighted by Gasteiger charge is -2.08. The molecule has 9 aromatic rings. The molecule has 0 atom stereocenters. The summed E-state index contributed by atoms with van der Waals surface area (Å²) in [6, 6.07) is 47.8. The van der Waals surface area contributed by atoms with Gasteiger partial charge in [-0.2, -0.15) is 0 Å². The Morgan fingerprint density at radius 1 is 0.282 bits per heavy atom. The molecule has 0 amide bonds. The topological polar surface area (TPSA) is 9.23 Å². The lowest BCUT2D eigenvalue weighted by molar-refractivity contribution is 0.483. The minimum absolute atomic E-state index is 0.841. The van der Waals surface area contributed by atoms with Gasteiger partial charge < -0.3 is 4.74 Å². The van der Waals surface area contributed by atoms with E-state index in [-0.39, 0.29) is 0 Å². The highest BCUT2D eigenvalue weighted by Gasteiger charge is 2.21. The van der Waals surface area contributed by atoms with Crippen molar-refractivity contribution in [2.75, 3.05) is 0 Å². The van der Waals surface area contributed by atoms with Gasteiger partial charge in [0.25, 0.3) is 0 Å². The van der Waals surface area contributed by atoms with Crippen LogP contribution in [-0.4, -0.2) is 0 Å². The van der Waals surface area contributed by atoms with Crippen molar-refractivity contribution in [3.8, 4) is 22.6 Å². The van der Waals surface area contributed by atoms with Gasteiger partial charge in [-0.25, -0.2) is 0 Å². The van der Waals surface area contributed by atoms with E-state index >= 15 is 0 Å². The third kappa shape index (κ3) is 2.85. The minimum Gasteiger partial charge on any atom is -0.457 e. The molecular formula is C38H22O. The van der Waals surface area contributed by atoms with Gasteiger partial charge in [-0.05, 0) is 106 Å². The first kappa shape index (κ1) is 20.9. The molecule has 0 aliphatic carbocycles. The fraction of sp³-hybridized carbons (Fsp3) is 0. The summed E-state index contributed by atoms with van der Waals surface area (Å²) in [7, 11) is 0. The van der Waals surface area contributed by atoms with E-state index in [1.165, 1.54) is 75.8 Å². The van der Waals surface area contributed by atoms with Gasteiger partial charge in [-0.1, -0.05) is 103 Å². The molecule has 0 radical (unpaired) electrons. The molecular weight excluding hydrogens is 472 g/mol. The Bertz CT molecular complexity index is 2330. The van der Waals surface area contributed by atoms with Crippen LogP contribution in [0.5, 0.6) is 11.5 Å². The second-order valence-corrected chi connectivity index (χ2v) is 10.5. The molecule has 0 saturated heterocycles. The fourth-order valence-electron chi connectivity index (χ4n) is 6.78. The maximum Gasteiger partial charge on any atom is 0.127 e. The average molecular weight is 495 g/mol. The molecule has 180 valence electrons. The van der Waals surface area contributed by atoms with Gasteiger partial charge in [0.05, 0.1) is 0 Å². The van der Waals surface area contributed by atoms with Crippen molar-refractivity contribution in [3.05, 3.63) is 133 Å². The molecule has 0 N–H and O–H groups in total. The average Bonchev–Trinajstić information content (AvgIpc) is 3.51. The van der Waals surface area contributed by atoms with Crippen molar-refractivity contribution in [3.63, 3.8) is 0 Å². The Labute approximate surface area is 225 Å². The Morgan fingerprint density at radius 2 is 0.744 bits per heavy atom. The van der Waals surface area contributed by atoms with Crippen LogP contribution in [0, 0.1) is 0 Å². The second-order valence-electron chi connectivity index (χ2n) is 10.5. The van der Waals surface area contributed by atoms with Gasteiger partial charge in [-0.3, -0.25) is 0 Å². The summed E-state index contributed by atoms with van der Waals surface area (Å²) in [5, 5.41) is 16.3. The molecule has 0 aliphatic heterocycles. The van der Waals surface area contributed by atoms with E-state index in [0.29, 0.717) is 0 Å². The lowest BCUT2D eigenvalue weighted by atomic mass is 9.95. The van der Waals surface area contributed by atoms with Crippen LogP contribution in [0.1, 0.15) is 0 Å². The number of para-hydroxylation sites is 1. The molecule has 0 fully saturated rings. The van der Waals surface area contributed by atoms with E-state index in [1.54, 1.807) is 0 Å². The molecule has 39 heavy (non-hydrogen) atoms. The highest BCUT2D eigenvalue weighted by atomic mass is 16.5. The third-order valence-electron chi connectivity index (χ3n) is 8.40. The van der Waals surface area contributed by atoms with E-state index in [0.717, 1.165) is 11.5 Å². The normalized spacial score (nSPS) is 12.1. The van der Waals surface area contributed by atoms with Crippen molar-refractivity contribution in [2.24, 2.45) is 0 Å². The smallest absolute Gasteiger partial charge is 0.127 e. The first-order valence-electron chi connectivity index (χ1n) is 13.4. The van der Waals surface area contributed by atoms with Crippen LogP contribution in [0.2, 0.25) is 0 Å². The molecule has 1 nitrogen and oxygen atoms in total. The summed E-state index contributed by atoms with van der Waals surface area (Å²) in [5.74, 6) is 1.69. The van der Waals surface area contributed by atoms with Gasteiger partial charge in [0.2, 0.25) is 0 Å². The summed E-state index contributed by atoms with van der Waals surface area (Å²) in [4.78, 5) is 0. The van der Waals surface area contributed by atoms with Crippen LogP contribution in [-0.2, 0) is 0 Å². The number of hydrogen-bond acceptors (Lipinski definition) is 1. The van der Waals surface area contributed by atoms with Crippen molar-refractivity contribution in [1.82, 2.24) is 0 Å². The standard InChI is InChI=1S/C38H22O/c1-2-8-25(9-3-1)39-26-19-16-23(17-20-26)24-18-21-31-34(22-24)30-13-7-15-32-35-28-11-5-4-10-27(28)29-12-6-14-33(36(29)35)38(31)37(30)32/h1-22H. The first-order chi connectivity index (χ1) is 19.3. The predicted molar refractivity (Wildman–Crippen MR) is 166 cm³/mol. The zero-order valence-corrected chi connectivity index (χ0v) is 21.1. The molecule has 0 unspecified atom stereocenters. The molecule has 9 aromatic carbocycles. The Kier molecular flexibility index (Phi) is 4.11. The SMILES string of the molecule is c1ccc(Oc2ccc(-c3ccc4c(c3)c3cccc5c6c7ccccc7c7cccc(c76)c4c35)cc2)cc1. The number of hydrogen-bond donors (Lipinski definition) is 0. The van der Waals surface area contributed by atoms with Crippen molar-refractivity contribution < 1.29 is 4.74 Å². The quantitative estimate of drug-likeness (QED) is 0.222. The molecule has 0 saturated carbocycles. The second kappa shape index (κ2) is 7.69. The molecule has 0 spiro atoms. The number of ether oxygens (including phenoxy) is 1. The lowest BCUT2D eigenvalue weighted by Crippen LogP contribution is -1.84. The number of benzene rings is 7. The summed E-state index contributed by atoms with van der Waals surface area (Å²) < 4.78 is 6.02. The fourth-order valence-corrected chi connectivity index (χ4v) is 6.78. The molecule has 1 heteroatoms. The zero-order valence-electron chi connectivity index (χ0n) is 21.1. The van der Waals surface area contributed by atoms with E-state index in [1.807, 2.05) is 30.3 Å². The van der Waals surface area contributed by atoms with Crippen LogP contribution in [0.25, 0.3) is 75.8 Å². The largest absolute Gasteiger partial charge is 0.457 e. The van der Waals surface area contributed by atoms with Gasteiger partial charge in [-0.15, -0.1) is 0 Å². The van der Waals surface area contributed by atoms with Crippen LogP contribution < -0.4 is 4.74 Å². The first-order valence-corrected chi connectivity index (χ1v) is 13.4. The monoisotopic (exact) mass is 494 g/mol. The van der Waals surface area contributed by atoms with Gasteiger partial charge >= 0.3 is 0 Å². The van der Waals surface area contributed by atoms with Gasteiger partial charge in [0.1, 0.15) is 11.5 Å². The van der Waals surface area contributed by atoms with Crippen molar-refractivity contribution >= 4 is 64.6 Å². The zero-order chi connectivity index (χ0) is 25.5. The molecule has 0 aromatic heterocycles. The summed E-state index contributed by atoms with van der Waals surface area (Å²) in [6.45, 7) is 0.